The van der Waals surface area contributed by atoms with Crippen LogP contribution in [0.5, 0.6) is 0 Å². The maximum atomic E-state index is 12.2. The Morgan fingerprint density at radius 2 is 1.96 bits per heavy atom. The van der Waals surface area contributed by atoms with Gasteiger partial charge in [-0.3, -0.25) is 14.5 Å². The monoisotopic (exact) mass is 368 g/mol. The third-order valence-electron chi connectivity index (χ3n) is 4.90. The van der Waals surface area contributed by atoms with Crippen molar-refractivity contribution in [1.82, 2.24) is 10.3 Å². The van der Waals surface area contributed by atoms with E-state index in [0.717, 1.165) is 11.3 Å². The number of hydrogen-bond acceptors (Lipinski definition) is 5. The van der Waals surface area contributed by atoms with Crippen molar-refractivity contribution in [2.24, 2.45) is 5.92 Å². The van der Waals surface area contributed by atoms with E-state index in [2.05, 4.69) is 15.6 Å². The van der Waals surface area contributed by atoms with E-state index in [4.69, 9.17) is 0 Å². The minimum atomic E-state index is -0.983. The molecule has 0 saturated heterocycles. The lowest BCUT2D eigenvalue weighted by Crippen LogP contribution is -2.50. The maximum absolute atomic E-state index is 12.2. The normalized spacial score (nSPS) is 21.4. The number of nitrogens with one attached hydrogen (secondary N) is 2. The van der Waals surface area contributed by atoms with E-state index in [-0.39, 0.29) is 23.8 Å². The van der Waals surface area contributed by atoms with Crippen molar-refractivity contribution in [3.8, 4) is 0 Å². The number of benzene rings is 1. The lowest BCUT2D eigenvalue weighted by atomic mass is 9.85. The summed E-state index contributed by atoms with van der Waals surface area (Å²) in [5.74, 6) is -0.107. The predicted molar refractivity (Wildman–Crippen MR) is 104 cm³/mol. The van der Waals surface area contributed by atoms with Crippen molar-refractivity contribution < 1.29 is 14.7 Å². The number of anilines is 2. The Morgan fingerprint density at radius 1 is 1.22 bits per heavy atom. The van der Waals surface area contributed by atoms with Crippen LogP contribution >= 0.6 is 0 Å². The molecule has 0 fully saturated rings. The van der Waals surface area contributed by atoms with Gasteiger partial charge in [-0.25, -0.2) is 4.98 Å². The van der Waals surface area contributed by atoms with E-state index in [1.54, 1.807) is 25.2 Å². The van der Waals surface area contributed by atoms with Crippen LogP contribution in [0, 0.1) is 12.8 Å². The van der Waals surface area contributed by atoms with E-state index in [1.807, 2.05) is 32.0 Å². The summed E-state index contributed by atoms with van der Waals surface area (Å²) in [7, 11) is 1.57. The van der Waals surface area contributed by atoms with Crippen LogP contribution in [0.4, 0.5) is 11.5 Å². The zero-order valence-corrected chi connectivity index (χ0v) is 15.9. The summed E-state index contributed by atoms with van der Waals surface area (Å²) in [5.41, 5.74) is 2.72. The van der Waals surface area contributed by atoms with Crippen LogP contribution in [0.3, 0.4) is 0 Å². The molecule has 142 valence electrons. The number of fused-ring (bicyclic) bond motifs is 1. The second kappa shape index (κ2) is 7.36. The summed E-state index contributed by atoms with van der Waals surface area (Å²) in [4.78, 5) is 30.1. The van der Waals surface area contributed by atoms with Gasteiger partial charge in [0.05, 0.1) is 11.7 Å². The van der Waals surface area contributed by atoms with Gasteiger partial charge in [-0.15, -0.1) is 0 Å². The van der Waals surface area contributed by atoms with Gasteiger partial charge in [-0.2, -0.15) is 0 Å². The molecule has 7 nitrogen and oxygen atoms in total. The number of amides is 2. The lowest BCUT2D eigenvalue weighted by molar-refractivity contribution is -0.119. The predicted octanol–water partition coefficient (Wildman–Crippen LogP) is 2.22. The van der Waals surface area contributed by atoms with Crippen LogP contribution in [0.25, 0.3) is 0 Å². The van der Waals surface area contributed by atoms with Crippen molar-refractivity contribution >= 4 is 23.3 Å². The zero-order valence-electron chi connectivity index (χ0n) is 15.9. The summed E-state index contributed by atoms with van der Waals surface area (Å²) in [5, 5.41) is 16.7. The van der Waals surface area contributed by atoms with Crippen molar-refractivity contribution in [3.05, 3.63) is 53.2 Å². The zero-order chi connectivity index (χ0) is 19.7. The van der Waals surface area contributed by atoms with Crippen LogP contribution < -0.4 is 15.5 Å². The van der Waals surface area contributed by atoms with Crippen molar-refractivity contribution in [2.45, 2.75) is 33.0 Å². The van der Waals surface area contributed by atoms with Crippen LogP contribution in [0.2, 0.25) is 0 Å². The van der Waals surface area contributed by atoms with Gasteiger partial charge in [0, 0.05) is 31.1 Å². The molecule has 1 aliphatic heterocycles. The van der Waals surface area contributed by atoms with Gasteiger partial charge in [0.25, 0.3) is 5.91 Å². The highest BCUT2D eigenvalue weighted by atomic mass is 16.3. The Balaban J connectivity index is 2.11. The molecule has 0 radical (unpaired) electrons. The fraction of sp³-hybridized carbons (Fsp3) is 0.350. The lowest BCUT2D eigenvalue weighted by Gasteiger charge is -2.42. The Hall–Kier alpha value is -2.93. The fourth-order valence-corrected chi connectivity index (χ4v) is 3.49. The first-order valence-corrected chi connectivity index (χ1v) is 8.87. The molecule has 0 saturated carbocycles. The molecule has 0 aliphatic carbocycles. The summed E-state index contributed by atoms with van der Waals surface area (Å²) < 4.78 is 0. The Morgan fingerprint density at radius 3 is 2.59 bits per heavy atom. The van der Waals surface area contributed by atoms with Gasteiger partial charge in [0.1, 0.15) is 12.0 Å². The number of pyridine rings is 1. The third-order valence-corrected chi connectivity index (χ3v) is 4.90. The third kappa shape index (κ3) is 3.50. The number of aromatic nitrogens is 1. The minimum Gasteiger partial charge on any atom is -0.373 e. The van der Waals surface area contributed by atoms with Gasteiger partial charge in [0.15, 0.2) is 0 Å². The van der Waals surface area contributed by atoms with E-state index < -0.39 is 6.23 Å². The number of aliphatic hydroxyl groups excluding tert-OH is 1. The van der Waals surface area contributed by atoms with Gasteiger partial charge < -0.3 is 15.7 Å². The van der Waals surface area contributed by atoms with E-state index in [0.29, 0.717) is 17.1 Å². The van der Waals surface area contributed by atoms with Crippen LogP contribution in [-0.2, 0) is 4.79 Å². The first-order valence-electron chi connectivity index (χ1n) is 8.87. The largest absolute Gasteiger partial charge is 0.373 e. The summed E-state index contributed by atoms with van der Waals surface area (Å²) in [6.45, 7) is 5.19. The van der Waals surface area contributed by atoms with E-state index in [1.165, 1.54) is 11.8 Å². The molecule has 27 heavy (non-hydrogen) atoms. The molecule has 0 spiro atoms. The highest BCUT2D eigenvalue weighted by molar-refractivity contribution is 5.97. The highest BCUT2D eigenvalue weighted by Gasteiger charge is 2.40. The van der Waals surface area contributed by atoms with Gasteiger partial charge in [0.2, 0.25) is 5.91 Å². The Labute approximate surface area is 158 Å². The Kier molecular flexibility index (Phi) is 5.14. The van der Waals surface area contributed by atoms with E-state index in [9.17, 15) is 14.7 Å². The van der Waals surface area contributed by atoms with Gasteiger partial charge >= 0.3 is 0 Å². The smallest absolute Gasteiger partial charge is 0.251 e. The average molecular weight is 368 g/mol. The number of nitrogens with zero attached hydrogens (tertiary/aromatic N) is 2. The van der Waals surface area contributed by atoms with Crippen LogP contribution in [0.15, 0.2) is 36.4 Å². The van der Waals surface area contributed by atoms with Crippen LogP contribution in [-0.4, -0.2) is 35.2 Å². The molecular formula is C20H24N4O3. The summed E-state index contributed by atoms with van der Waals surface area (Å²) >= 11 is 0. The molecular weight excluding hydrogens is 344 g/mol. The Bertz CT molecular complexity index is 883. The van der Waals surface area contributed by atoms with Crippen LogP contribution in [0.1, 0.15) is 41.5 Å². The molecule has 0 bridgehead atoms. The molecule has 1 aromatic heterocycles. The topological polar surface area (TPSA) is 94.6 Å². The number of carbonyl (C=O) groups is 2. The highest BCUT2D eigenvalue weighted by Crippen LogP contribution is 2.42. The van der Waals surface area contributed by atoms with Gasteiger partial charge in [-0.1, -0.05) is 13.0 Å². The molecule has 2 heterocycles. The minimum absolute atomic E-state index is 0.210. The molecule has 3 rings (SSSR count). The fourth-order valence-electron chi connectivity index (χ4n) is 3.49. The number of aryl methyl sites for hydroxylation is 1. The molecule has 2 unspecified atom stereocenters. The molecule has 3 N–H and O–H groups in total. The standard InChI is InChI=1S/C20H24N4O3/c1-11-6-5-7-17(22-11)23-18-12(2)20(27)24(13(3)25)16-9-8-14(10-15(16)18)19(26)21-4/h5-10,12,18,20,27H,1-4H3,(H,21,26)(H,22,23)/t12?,18?,20-/m0/s1. The SMILES string of the molecule is CNC(=O)c1ccc2c(c1)C(Nc1cccc(C)n1)C(C)[C@H](O)N2C(C)=O. The number of aliphatic hydroxyl groups is 1. The summed E-state index contributed by atoms with van der Waals surface area (Å²) in [6.07, 6.45) is -0.983. The second-order valence-corrected chi connectivity index (χ2v) is 6.80. The maximum Gasteiger partial charge on any atom is 0.251 e. The second-order valence-electron chi connectivity index (χ2n) is 6.80. The quantitative estimate of drug-likeness (QED) is 0.772. The molecule has 2 aromatic rings. The average Bonchev–Trinajstić information content (AvgIpc) is 2.64. The van der Waals surface area contributed by atoms with Gasteiger partial charge in [-0.05, 0) is 42.8 Å². The van der Waals surface area contributed by atoms with E-state index >= 15 is 0 Å². The van der Waals surface area contributed by atoms with Crippen molar-refractivity contribution in [3.63, 3.8) is 0 Å². The molecule has 1 aliphatic rings. The van der Waals surface area contributed by atoms with Crippen molar-refractivity contribution in [1.29, 1.82) is 0 Å². The number of hydrogen-bond donors (Lipinski definition) is 3. The number of carbonyl (C=O) groups excluding carboxylic acids is 2. The summed E-state index contributed by atoms with van der Waals surface area (Å²) in [6, 6.07) is 10.5. The van der Waals surface area contributed by atoms with Crippen molar-refractivity contribution in [2.75, 3.05) is 17.3 Å². The first-order chi connectivity index (χ1) is 12.8. The number of rotatable bonds is 3. The molecule has 3 atom stereocenters. The first kappa shape index (κ1) is 18.8. The molecule has 7 heteroatoms. The molecule has 2 amide bonds. The molecule has 1 aromatic carbocycles.